The normalized spacial score (nSPS) is 11.3. The number of phenols is 1. The molecule has 8 nitrogen and oxygen atoms in total. The summed E-state index contributed by atoms with van der Waals surface area (Å²) in [7, 11) is -2.29. The number of hydrazone groups is 1. The third-order valence-electron chi connectivity index (χ3n) is 4.31. The number of nitrogens with zero attached hydrogens (tertiary/aromatic N) is 1. The van der Waals surface area contributed by atoms with Crippen molar-refractivity contribution < 1.29 is 23.1 Å². The second kappa shape index (κ2) is 9.31. The maximum absolute atomic E-state index is 12.4. The summed E-state index contributed by atoms with van der Waals surface area (Å²) < 4.78 is 32.4. The number of amides is 1. The highest BCUT2D eigenvalue weighted by atomic mass is 32.2. The maximum Gasteiger partial charge on any atom is 0.271 e. The molecule has 0 fully saturated rings. The van der Waals surface area contributed by atoms with Gasteiger partial charge >= 0.3 is 0 Å². The van der Waals surface area contributed by atoms with Crippen molar-refractivity contribution in [3.05, 3.63) is 83.4 Å². The van der Waals surface area contributed by atoms with E-state index in [1.54, 1.807) is 24.3 Å². The van der Waals surface area contributed by atoms with Gasteiger partial charge in [-0.25, -0.2) is 13.8 Å². The van der Waals surface area contributed by atoms with Crippen LogP contribution in [0.25, 0.3) is 0 Å². The van der Waals surface area contributed by atoms with Gasteiger partial charge in [0.05, 0.1) is 18.2 Å². The van der Waals surface area contributed by atoms with Gasteiger partial charge in [-0.05, 0) is 67.1 Å². The number of ether oxygens (including phenoxy) is 1. The van der Waals surface area contributed by atoms with Crippen molar-refractivity contribution in [3.8, 4) is 11.5 Å². The molecule has 0 aliphatic rings. The van der Waals surface area contributed by atoms with Crippen LogP contribution in [0.1, 0.15) is 21.5 Å². The van der Waals surface area contributed by atoms with Crippen LogP contribution in [0.3, 0.4) is 0 Å². The van der Waals surface area contributed by atoms with Gasteiger partial charge in [-0.2, -0.15) is 5.10 Å². The summed E-state index contributed by atoms with van der Waals surface area (Å²) in [4.78, 5) is 12.4. The summed E-state index contributed by atoms with van der Waals surface area (Å²) in [6.07, 6.45) is 1.41. The molecule has 0 radical (unpaired) electrons. The van der Waals surface area contributed by atoms with Gasteiger partial charge < -0.3 is 9.84 Å². The minimum Gasteiger partial charge on any atom is -0.504 e. The van der Waals surface area contributed by atoms with Crippen molar-refractivity contribution >= 4 is 27.8 Å². The number of carbonyl (C=O) groups excluding carboxylic acids is 1. The molecular weight excluding hydrogens is 418 g/mol. The Bertz CT molecular complexity index is 1200. The number of benzene rings is 3. The van der Waals surface area contributed by atoms with E-state index >= 15 is 0 Å². The number of hydrogen-bond donors (Lipinski definition) is 3. The number of phenolic OH excluding ortho intramolecular Hbond substituents is 1. The number of hydrogen-bond acceptors (Lipinski definition) is 6. The molecule has 0 bridgehead atoms. The van der Waals surface area contributed by atoms with Gasteiger partial charge in [0.2, 0.25) is 0 Å². The van der Waals surface area contributed by atoms with E-state index in [1.165, 1.54) is 55.8 Å². The van der Waals surface area contributed by atoms with Crippen LogP contribution >= 0.6 is 0 Å². The first-order chi connectivity index (χ1) is 14.8. The smallest absolute Gasteiger partial charge is 0.271 e. The summed E-state index contributed by atoms with van der Waals surface area (Å²) >= 11 is 0. The Morgan fingerprint density at radius 1 is 1.03 bits per heavy atom. The Hall–Kier alpha value is -3.85. The summed E-state index contributed by atoms with van der Waals surface area (Å²) in [6.45, 7) is 1.87. The minimum absolute atomic E-state index is 0.00165. The lowest BCUT2D eigenvalue weighted by Gasteiger charge is -2.09. The summed E-state index contributed by atoms with van der Waals surface area (Å²) in [6, 6.07) is 17.1. The number of anilines is 1. The molecule has 3 rings (SSSR count). The van der Waals surface area contributed by atoms with Gasteiger partial charge in [-0.1, -0.05) is 17.7 Å². The van der Waals surface area contributed by atoms with Crippen LogP contribution in [0.15, 0.2) is 76.7 Å². The van der Waals surface area contributed by atoms with Crippen molar-refractivity contribution in [2.45, 2.75) is 11.8 Å². The highest BCUT2D eigenvalue weighted by molar-refractivity contribution is 7.92. The molecule has 0 saturated heterocycles. The third kappa shape index (κ3) is 5.61. The average molecular weight is 439 g/mol. The molecule has 0 spiro atoms. The first-order valence-electron chi connectivity index (χ1n) is 9.18. The molecule has 0 aromatic heterocycles. The summed E-state index contributed by atoms with van der Waals surface area (Å²) in [5, 5.41) is 13.5. The minimum atomic E-state index is -3.72. The topological polar surface area (TPSA) is 117 Å². The Kier molecular flexibility index (Phi) is 6.56. The van der Waals surface area contributed by atoms with E-state index in [9.17, 15) is 18.3 Å². The molecule has 31 heavy (non-hydrogen) atoms. The molecular formula is C22H21N3O5S. The van der Waals surface area contributed by atoms with E-state index in [0.717, 1.165) is 5.56 Å². The zero-order chi connectivity index (χ0) is 22.4. The van der Waals surface area contributed by atoms with Gasteiger partial charge in [0.25, 0.3) is 15.9 Å². The fourth-order valence-electron chi connectivity index (χ4n) is 2.63. The molecule has 0 aliphatic carbocycles. The van der Waals surface area contributed by atoms with E-state index in [2.05, 4.69) is 15.2 Å². The third-order valence-corrected chi connectivity index (χ3v) is 5.71. The molecule has 160 valence electrons. The molecule has 0 saturated carbocycles. The first-order valence-corrected chi connectivity index (χ1v) is 10.7. The van der Waals surface area contributed by atoms with Crippen LogP contribution < -0.4 is 14.9 Å². The van der Waals surface area contributed by atoms with Crippen molar-refractivity contribution in [3.63, 3.8) is 0 Å². The van der Waals surface area contributed by atoms with Crippen LogP contribution in [-0.2, 0) is 10.0 Å². The first kappa shape index (κ1) is 21.8. The number of nitrogens with one attached hydrogen (secondary N) is 2. The molecule has 1 amide bonds. The molecule has 3 N–H and O–H groups in total. The molecule has 0 unspecified atom stereocenters. The molecule has 3 aromatic rings. The predicted molar refractivity (Wildman–Crippen MR) is 118 cm³/mol. The van der Waals surface area contributed by atoms with Crippen molar-refractivity contribution in [2.24, 2.45) is 5.10 Å². The van der Waals surface area contributed by atoms with E-state index in [-0.39, 0.29) is 10.6 Å². The average Bonchev–Trinajstić information content (AvgIpc) is 2.75. The second-order valence-corrected chi connectivity index (χ2v) is 8.31. The standard InChI is InChI=1S/C22H21N3O5S/c1-15-3-10-19(11-4-15)31(28,29)25-18-8-6-17(7-9-18)22(27)24-23-14-16-5-12-20(26)21(13-16)30-2/h3-14,25-26H,1-2H3,(H,24,27)/b23-14-. The van der Waals surface area contributed by atoms with Gasteiger partial charge in [-0.3, -0.25) is 9.52 Å². The molecule has 0 heterocycles. The summed E-state index contributed by atoms with van der Waals surface area (Å²) in [5.74, 6) is -0.171. The summed E-state index contributed by atoms with van der Waals surface area (Å²) in [5.41, 5.74) is 4.60. The van der Waals surface area contributed by atoms with E-state index in [0.29, 0.717) is 22.6 Å². The van der Waals surface area contributed by atoms with Gasteiger partial charge in [0.15, 0.2) is 11.5 Å². The Morgan fingerprint density at radius 3 is 2.35 bits per heavy atom. The lowest BCUT2D eigenvalue weighted by atomic mass is 10.2. The van der Waals surface area contributed by atoms with Gasteiger partial charge in [0.1, 0.15) is 0 Å². The Labute approximate surface area is 180 Å². The lowest BCUT2D eigenvalue weighted by molar-refractivity contribution is 0.0955. The van der Waals surface area contributed by atoms with Crippen LogP contribution in [0.5, 0.6) is 11.5 Å². The predicted octanol–water partition coefficient (Wildman–Crippen LogP) is 3.27. The quantitative estimate of drug-likeness (QED) is 0.386. The molecule has 0 atom stereocenters. The SMILES string of the molecule is COc1cc(/C=N\NC(=O)c2ccc(NS(=O)(=O)c3ccc(C)cc3)cc2)ccc1O. The highest BCUT2D eigenvalue weighted by Gasteiger charge is 2.14. The fraction of sp³-hybridized carbons (Fsp3) is 0.0909. The Balaban J connectivity index is 1.63. The maximum atomic E-state index is 12.4. The monoisotopic (exact) mass is 439 g/mol. The van der Waals surface area contributed by atoms with Crippen LogP contribution in [0.2, 0.25) is 0 Å². The van der Waals surface area contributed by atoms with Crippen molar-refractivity contribution in [2.75, 3.05) is 11.8 Å². The van der Waals surface area contributed by atoms with Crippen LogP contribution in [0.4, 0.5) is 5.69 Å². The van der Waals surface area contributed by atoms with Gasteiger partial charge in [-0.15, -0.1) is 0 Å². The number of aryl methyl sites for hydroxylation is 1. The van der Waals surface area contributed by atoms with E-state index in [1.807, 2.05) is 6.92 Å². The van der Waals surface area contributed by atoms with E-state index in [4.69, 9.17) is 4.74 Å². The van der Waals surface area contributed by atoms with Crippen LogP contribution in [0, 0.1) is 6.92 Å². The Morgan fingerprint density at radius 2 is 1.71 bits per heavy atom. The van der Waals surface area contributed by atoms with Crippen molar-refractivity contribution in [1.29, 1.82) is 0 Å². The number of aromatic hydroxyl groups is 1. The fourth-order valence-corrected chi connectivity index (χ4v) is 3.68. The number of carbonyl (C=O) groups is 1. The molecule has 3 aromatic carbocycles. The number of methoxy groups -OCH3 is 1. The highest BCUT2D eigenvalue weighted by Crippen LogP contribution is 2.25. The molecule has 0 aliphatic heterocycles. The lowest BCUT2D eigenvalue weighted by Crippen LogP contribution is -2.18. The van der Waals surface area contributed by atoms with Crippen molar-refractivity contribution in [1.82, 2.24) is 5.43 Å². The van der Waals surface area contributed by atoms with E-state index < -0.39 is 15.9 Å². The second-order valence-electron chi connectivity index (χ2n) is 6.63. The van der Waals surface area contributed by atoms with Crippen LogP contribution in [-0.4, -0.2) is 32.8 Å². The largest absolute Gasteiger partial charge is 0.504 e. The molecule has 9 heteroatoms. The zero-order valence-corrected chi connectivity index (χ0v) is 17.7. The van der Waals surface area contributed by atoms with Gasteiger partial charge in [0, 0.05) is 11.3 Å². The number of sulfonamides is 1. The zero-order valence-electron chi connectivity index (χ0n) is 16.9. The number of rotatable bonds is 7.